The molecule has 0 aromatic heterocycles. The monoisotopic (exact) mass is 421 g/mol. The van der Waals surface area contributed by atoms with Crippen LogP contribution < -0.4 is 20.1 Å². The van der Waals surface area contributed by atoms with Gasteiger partial charge in [0, 0.05) is 18.3 Å². The fraction of sp³-hybridized carbons (Fsp3) is 0.333. The molecule has 0 aliphatic rings. The van der Waals surface area contributed by atoms with Crippen molar-refractivity contribution in [3.8, 4) is 11.5 Å². The van der Waals surface area contributed by atoms with Crippen molar-refractivity contribution < 1.29 is 27.8 Å². The highest BCUT2D eigenvalue weighted by atomic mass is 19.2. The zero-order valence-corrected chi connectivity index (χ0v) is 17.1. The van der Waals surface area contributed by atoms with Gasteiger partial charge in [0.05, 0.1) is 27.3 Å². The second-order valence-electron chi connectivity index (χ2n) is 6.63. The van der Waals surface area contributed by atoms with E-state index in [1.54, 1.807) is 21.3 Å². The van der Waals surface area contributed by atoms with Crippen LogP contribution in [0.5, 0.6) is 11.5 Å². The van der Waals surface area contributed by atoms with E-state index in [1.165, 1.54) is 6.07 Å². The molecule has 2 rings (SSSR count). The largest absolute Gasteiger partial charge is 0.493 e. The van der Waals surface area contributed by atoms with Crippen molar-refractivity contribution in [3.63, 3.8) is 0 Å². The minimum Gasteiger partial charge on any atom is -0.493 e. The molecule has 7 nitrogen and oxygen atoms in total. The molecule has 0 heterocycles. The first-order chi connectivity index (χ1) is 14.3. The molecule has 2 aromatic carbocycles. The van der Waals surface area contributed by atoms with E-state index in [4.69, 9.17) is 9.47 Å². The Hall–Kier alpha value is -3.20. The third kappa shape index (κ3) is 7.00. The van der Waals surface area contributed by atoms with Crippen LogP contribution in [-0.4, -0.2) is 57.6 Å². The highest BCUT2D eigenvalue weighted by Crippen LogP contribution is 2.27. The summed E-state index contributed by atoms with van der Waals surface area (Å²) in [4.78, 5) is 25.7. The Morgan fingerprint density at radius 2 is 1.70 bits per heavy atom. The molecule has 9 heteroatoms. The van der Waals surface area contributed by atoms with Crippen LogP contribution >= 0.6 is 0 Å². The van der Waals surface area contributed by atoms with E-state index in [2.05, 4.69) is 10.6 Å². The van der Waals surface area contributed by atoms with Crippen molar-refractivity contribution in [1.82, 2.24) is 10.2 Å². The second-order valence-corrected chi connectivity index (χ2v) is 6.63. The standard InChI is InChI=1S/C21H25F2N3O4/c1-26(9-8-14-4-7-18(29-2)19(10-14)30-3)13-21(28)24-12-20(27)25-15-5-6-16(22)17(23)11-15/h4-7,10-11H,8-9,12-13H2,1-3H3,(H,24,28)(H,25,27). The summed E-state index contributed by atoms with van der Waals surface area (Å²) in [5, 5.41) is 4.88. The summed E-state index contributed by atoms with van der Waals surface area (Å²) in [5.74, 6) is -1.64. The lowest BCUT2D eigenvalue weighted by molar-refractivity contribution is -0.124. The topological polar surface area (TPSA) is 79.9 Å². The van der Waals surface area contributed by atoms with Gasteiger partial charge in [-0.15, -0.1) is 0 Å². The van der Waals surface area contributed by atoms with Crippen molar-refractivity contribution in [2.45, 2.75) is 6.42 Å². The van der Waals surface area contributed by atoms with Crippen LogP contribution in [-0.2, 0) is 16.0 Å². The highest BCUT2D eigenvalue weighted by Gasteiger charge is 2.11. The summed E-state index contributed by atoms with van der Waals surface area (Å²) in [7, 11) is 4.94. The number of methoxy groups -OCH3 is 2. The SMILES string of the molecule is COc1ccc(CCN(C)CC(=O)NCC(=O)Nc2ccc(F)c(F)c2)cc1OC. The Balaban J connectivity index is 1.73. The molecule has 0 fully saturated rings. The lowest BCUT2D eigenvalue weighted by Gasteiger charge is -2.17. The van der Waals surface area contributed by atoms with Gasteiger partial charge in [-0.05, 0) is 43.3 Å². The normalized spacial score (nSPS) is 10.6. The van der Waals surface area contributed by atoms with Gasteiger partial charge in [-0.3, -0.25) is 14.5 Å². The Kier molecular flexibility index (Phi) is 8.54. The third-order valence-corrected chi connectivity index (χ3v) is 4.29. The number of hydrogen-bond donors (Lipinski definition) is 2. The van der Waals surface area contributed by atoms with Crippen molar-refractivity contribution >= 4 is 17.5 Å². The molecule has 0 saturated heterocycles. The maximum Gasteiger partial charge on any atom is 0.243 e. The van der Waals surface area contributed by atoms with E-state index >= 15 is 0 Å². The van der Waals surface area contributed by atoms with Crippen molar-refractivity contribution in [2.75, 3.05) is 46.2 Å². The smallest absolute Gasteiger partial charge is 0.243 e. The molecule has 0 spiro atoms. The van der Waals surface area contributed by atoms with Gasteiger partial charge in [0.1, 0.15) is 0 Å². The second kappa shape index (κ2) is 11.1. The number of ether oxygens (including phenoxy) is 2. The summed E-state index contributed by atoms with van der Waals surface area (Å²) in [6.07, 6.45) is 0.695. The zero-order chi connectivity index (χ0) is 22.1. The number of amides is 2. The predicted octanol–water partition coefficient (Wildman–Crippen LogP) is 2.21. The van der Waals surface area contributed by atoms with Crippen molar-refractivity contribution in [2.24, 2.45) is 0 Å². The van der Waals surface area contributed by atoms with E-state index in [1.807, 2.05) is 23.1 Å². The number of nitrogens with one attached hydrogen (secondary N) is 2. The number of anilines is 1. The Bertz CT molecular complexity index is 893. The minimum absolute atomic E-state index is 0.103. The molecule has 0 radical (unpaired) electrons. The molecule has 30 heavy (non-hydrogen) atoms. The van der Waals surface area contributed by atoms with Gasteiger partial charge in [0.25, 0.3) is 0 Å². The first kappa shape index (κ1) is 23.1. The molecule has 2 N–H and O–H groups in total. The minimum atomic E-state index is -1.06. The van der Waals surface area contributed by atoms with E-state index in [0.717, 1.165) is 17.7 Å². The number of halogens is 2. The lowest BCUT2D eigenvalue weighted by Crippen LogP contribution is -2.39. The van der Waals surface area contributed by atoms with Crippen LogP contribution in [0.15, 0.2) is 36.4 Å². The number of rotatable bonds is 10. The van der Waals surface area contributed by atoms with Crippen LogP contribution in [0.4, 0.5) is 14.5 Å². The Labute approximate surface area is 174 Å². The quantitative estimate of drug-likeness (QED) is 0.615. The van der Waals surface area contributed by atoms with Crippen LogP contribution in [0.2, 0.25) is 0 Å². The number of carbonyl (C=O) groups is 2. The fourth-order valence-corrected chi connectivity index (χ4v) is 2.69. The highest BCUT2D eigenvalue weighted by molar-refractivity contribution is 5.94. The maximum absolute atomic E-state index is 13.1. The molecule has 0 aliphatic heterocycles. The number of nitrogens with zero attached hydrogens (tertiary/aromatic N) is 1. The molecular weight excluding hydrogens is 396 g/mol. The Morgan fingerprint density at radius 1 is 0.967 bits per heavy atom. The van der Waals surface area contributed by atoms with Gasteiger partial charge in [-0.2, -0.15) is 0 Å². The molecule has 0 saturated carbocycles. The first-order valence-corrected chi connectivity index (χ1v) is 9.23. The molecule has 0 aliphatic carbocycles. The van der Waals surface area contributed by atoms with E-state index in [9.17, 15) is 18.4 Å². The number of hydrogen-bond acceptors (Lipinski definition) is 5. The van der Waals surface area contributed by atoms with E-state index in [-0.39, 0.29) is 24.7 Å². The summed E-state index contributed by atoms with van der Waals surface area (Å²) < 4.78 is 36.5. The molecule has 0 atom stereocenters. The number of benzene rings is 2. The van der Waals surface area contributed by atoms with E-state index < -0.39 is 17.5 Å². The summed E-state index contributed by atoms with van der Waals surface area (Å²) >= 11 is 0. The van der Waals surface area contributed by atoms with E-state index in [0.29, 0.717) is 24.5 Å². The summed E-state index contributed by atoms with van der Waals surface area (Å²) in [5.41, 5.74) is 1.14. The molecule has 2 aromatic rings. The predicted molar refractivity (Wildman–Crippen MR) is 109 cm³/mol. The van der Waals surface area contributed by atoms with Gasteiger partial charge in [-0.25, -0.2) is 8.78 Å². The Morgan fingerprint density at radius 3 is 2.37 bits per heavy atom. The van der Waals surface area contributed by atoms with Gasteiger partial charge in [0.2, 0.25) is 11.8 Å². The molecular formula is C21H25F2N3O4. The van der Waals surface area contributed by atoms with Crippen LogP contribution in [0.1, 0.15) is 5.56 Å². The van der Waals surface area contributed by atoms with Gasteiger partial charge in [0.15, 0.2) is 23.1 Å². The number of likely N-dealkylation sites (N-methyl/N-ethyl adjacent to an activating group) is 1. The molecule has 0 bridgehead atoms. The molecule has 162 valence electrons. The van der Waals surface area contributed by atoms with Crippen LogP contribution in [0.3, 0.4) is 0 Å². The summed E-state index contributed by atoms with van der Waals surface area (Å²) in [6.45, 7) is 0.442. The van der Waals surface area contributed by atoms with Crippen LogP contribution in [0, 0.1) is 11.6 Å². The fourth-order valence-electron chi connectivity index (χ4n) is 2.69. The summed E-state index contributed by atoms with van der Waals surface area (Å²) in [6, 6.07) is 8.66. The first-order valence-electron chi connectivity index (χ1n) is 9.23. The average Bonchev–Trinajstić information content (AvgIpc) is 2.73. The number of carbonyl (C=O) groups excluding carboxylic acids is 2. The van der Waals surface area contributed by atoms with Crippen LogP contribution in [0.25, 0.3) is 0 Å². The molecule has 0 unspecified atom stereocenters. The van der Waals surface area contributed by atoms with Gasteiger partial charge >= 0.3 is 0 Å². The van der Waals surface area contributed by atoms with Gasteiger partial charge in [-0.1, -0.05) is 6.07 Å². The zero-order valence-electron chi connectivity index (χ0n) is 17.1. The van der Waals surface area contributed by atoms with Crippen molar-refractivity contribution in [1.29, 1.82) is 0 Å². The molecule has 2 amide bonds. The maximum atomic E-state index is 13.1. The van der Waals surface area contributed by atoms with Gasteiger partial charge < -0.3 is 20.1 Å². The van der Waals surface area contributed by atoms with Crippen molar-refractivity contribution in [3.05, 3.63) is 53.6 Å². The lowest BCUT2D eigenvalue weighted by atomic mass is 10.1. The average molecular weight is 421 g/mol. The third-order valence-electron chi connectivity index (χ3n) is 4.29.